The number of nitrogens with zero attached hydrogens (tertiary/aromatic N) is 2. The smallest absolute Gasteiger partial charge is 0.153 e. The van der Waals surface area contributed by atoms with Gasteiger partial charge in [-0.1, -0.05) is 6.07 Å². The summed E-state index contributed by atoms with van der Waals surface area (Å²) >= 11 is 6.07. The Balaban J connectivity index is 2.41. The molecule has 0 aliphatic carbocycles. The predicted molar refractivity (Wildman–Crippen MR) is 75.2 cm³/mol. The van der Waals surface area contributed by atoms with Gasteiger partial charge >= 0.3 is 0 Å². The van der Waals surface area contributed by atoms with Gasteiger partial charge in [0.05, 0.1) is 16.6 Å². The first-order valence-electron chi connectivity index (χ1n) is 6.25. The molecule has 1 atom stereocenters. The van der Waals surface area contributed by atoms with E-state index in [4.69, 9.17) is 11.6 Å². The lowest BCUT2D eigenvalue weighted by Crippen LogP contribution is -2.02. The zero-order valence-electron chi connectivity index (χ0n) is 10.9. The summed E-state index contributed by atoms with van der Waals surface area (Å²) in [6.45, 7) is 1.66. The summed E-state index contributed by atoms with van der Waals surface area (Å²) in [5.41, 5.74) is 0.619. The molecule has 0 aliphatic heterocycles. The summed E-state index contributed by atoms with van der Waals surface area (Å²) in [5, 5.41) is -0.553. The van der Waals surface area contributed by atoms with Crippen molar-refractivity contribution >= 4 is 22.6 Å². The molecule has 2 aromatic carbocycles. The highest BCUT2D eigenvalue weighted by molar-refractivity contribution is 6.20. The first kappa shape index (κ1) is 13.9. The van der Waals surface area contributed by atoms with Crippen LogP contribution in [-0.2, 0) is 0 Å². The standard InChI is InChI=1S/C15H10ClF3N2/c1-8(16)15-20-14-12(19)6-10(18)7-13(14)21(15)11-4-2-3-9(17)5-11/h2-8H,1H3. The molecule has 0 N–H and O–H groups in total. The van der Waals surface area contributed by atoms with Gasteiger partial charge in [0.25, 0.3) is 0 Å². The van der Waals surface area contributed by atoms with Gasteiger partial charge in [-0.05, 0) is 25.1 Å². The number of alkyl halides is 1. The molecule has 6 heteroatoms. The molecule has 1 unspecified atom stereocenters. The van der Waals surface area contributed by atoms with Crippen LogP contribution in [0, 0.1) is 17.5 Å². The van der Waals surface area contributed by atoms with Crippen molar-refractivity contribution in [2.24, 2.45) is 0 Å². The SMILES string of the molecule is CC(Cl)c1nc2c(F)cc(F)cc2n1-c1cccc(F)c1. The van der Waals surface area contributed by atoms with E-state index in [-0.39, 0.29) is 11.0 Å². The van der Waals surface area contributed by atoms with Crippen molar-refractivity contribution in [2.45, 2.75) is 12.3 Å². The predicted octanol–water partition coefficient (Wildman–Crippen LogP) is 4.74. The van der Waals surface area contributed by atoms with E-state index in [1.165, 1.54) is 22.8 Å². The Morgan fingerprint density at radius 2 is 1.86 bits per heavy atom. The van der Waals surface area contributed by atoms with Crippen molar-refractivity contribution in [1.29, 1.82) is 0 Å². The molecule has 0 amide bonds. The Kier molecular flexibility index (Phi) is 3.37. The number of benzene rings is 2. The number of hydrogen-bond donors (Lipinski definition) is 0. The molecule has 0 fully saturated rings. The van der Waals surface area contributed by atoms with Gasteiger partial charge in [0.1, 0.15) is 23.0 Å². The van der Waals surface area contributed by atoms with E-state index in [2.05, 4.69) is 4.98 Å². The Bertz CT molecular complexity index is 827. The minimum Gasteiger partial charge on any atom is -0.295 e. The van der Waals surface area contributed by atoms with Crippen LogP contribution < -0.4 is 0 Å². The Morgan fingerprint density at radius 1 is 1.10 bits per heavy atom. The van der Waals surface area contributed by atoms with Crippen molar-refractivity contribution < 1.29 is 13.2 Å². The molecule has 1 heterocycles. The van der Waals surface area contributed by atoms with Crippen LogP contribution in [0.3, 0.4) is 0 Å². The summed E-state index contributed by atoms with van der Waals surface area (Å²) in [6, 6.07) is 7.58. The van der Waals surface area contributed by atoms with Crippen LogP contribution in [0.5, 0.6) is 0 Å². The van der Waals surface area contributed by atoms with Crippen LogP contribution in [0.2, 0.25) is 0 Å². The second kappa shape index (κ2) is 5.07. The minimum atomic E-state index is -0.779. The fourth-order valence-electron chi connectivity index (χ4n) is 2.27. The maximum atomic E-state index is 13.9. The van der Waals surface area contributed by atoms with Crippen LogP contribution in [-0.4, -0.2) is 9.55 Å². The van der Waals surface area contributed by atoms with Crippen molar-refractivity contribution in [2.75, 3.05) is 0 Å². The molecule has 1 aromatic heterocycles. The second-order valence-corrected chi connectivity index (χ2v) is 5.31. The molecular weight excluding hydrogens is 301 g/mol. The van der Waals surface area contributed by atoms with Crippen LogP contribution in [0.15, 0.2) is 36.4 Å². The average molecular weight is 311 g/mol. The van der Waals surface area contributed by atoms with Crippen molar-refractivity contribution in [3.05, 3.63) is 59.7 Å². The lowest BCUT2D eigenvalue weighted by Gasteiger charge is -2.10. The Morgan fingerprint density at radius 3 is 2.52 bits per heavy atom. The number of imidazole rings is 1. The molecule has 0 radical (unpaired) electrons. The van der Waals surface area contributed by atoms with E-state index in [1.54, 1.807) is 13.0 Å². The summed E-state index contributed by atoms with van der Waals surface area (Å²) < 4.78 is 42.3. The van der Waals surface area contributed by atoms with Crippen LogP contribution in [0.1, 0.15) is 18.1 Å². The third-order valence-corrected chi connectivity index (χ3v) is 3.32. The van der Waals surface area contributed by atoms with E-state index in [0.29, 0.717) is 11.5 Å². The maximum Gasteiger partial charge on any atom is 0.153 e. The zero-order chi connectivity index (χ0) is 15.1. The summed E-state index contributed by atoms with van der Waals surface area (Å²) in [4.78, 5) is 4.13. The van der Waals surface area contributed by atoms with Gasteiger partial charge in [0.2, 0.25) is 0 Å². The van der Waals surface area contributed by atoms with E-state index in [1.807, 2.05) is 0 Å². The molecule has 0 saturated carbocycles. The summed E-state index contributed by atoms with van der Waals surface area (Å²) in [5.74, 6) is -1.65. The van der Waals surface area contributed by atoms with Gasteiger partial charge in [-0.25, -0.2) is 18.2 Å². The van der Waals surface area contributed by atoms with Gasteiger partial charge in [0, 0.05) is 12.1 Å². The number of fused-ring (bicyclic) bond motifs is 1. The molecule has 0 saturated heterocycles. The normalized spacial score (nSPS) is 12.8. The molecule has 21 heavy (non-hydrogen) atoms. The lowest BCUT2D eigenvalue weighted by atomic mass is 10.2. The Labute approximate surface area is 123 Å². The fourth-order valence-corrected chi connectivity index (χ4v) is 2.42. The number of hydrogen-bond acceptors (Lipinski definition) is 1. The first-order chi connectivity index (χ1) is 9.97. The number of rotatable bonds is 2. The Hall–Kier alpha value is -2.01. The third kappa shape index (κ3) is 2.38. The van der Waals surface area contributed by atoms with E-state index < -0.39 is 22.8 Å². The number of halogens is 4. The van der Waals surface area contributed by atoms with Gasteiger partial charge in [0.15, 0.2) is 5.82 Å². The van der Waals surface area contributed by atoms with Crippen molar-refractivity contribution in [3.8, 4) is 5.69 Å². The second-order valence-electron chi connectivity index (χ2n) is 4.66. The zero-order valence-corrected chi connectivity index (χ0v) is 11.7. The molecule has 0 spiro atoms. The largest absolute Gasteiger partial charge is 0.295 e. The molecule has 2 nitrogen and oxygen atoms in total. The lowest BCUT2D eigenvalue weighted by molar-refractivity contribution is 0.590. The topological polar surface area (TPSA) is 17.8 Å². The summed E-state index contributed by atoms with van der Waals surface area (Å²) in [6.07, 6.45) is 0. The van der Waals surface area contributed by atoms with E-state index >= 15 is 0 Å². The summed E-state index contributed by atoms with van der Waals surface area (Å²) in [7, 11) is 0. The quantitative estimate of drug-likeness (QED) is 0.625. The van der Waals surface area contributed by atoms with Gasteiger partial charge < -0.3 is 0 Å². The first-order valence-corrected chi connectivity index (χ1v) is 6.68. The van der Waals surface area contributed by atoms with Gasteiger partial charge in [-0.2, -0.15) is 0 Å². The van der Waals surface area contributed by atoms with Gasteiger partial charge in [-0.3, -0.25) is 4.57 Å². The molecular formula is C15H10ClF3N2. The van der Waals surface area contributed by atoms with Crippen molar-refractivity contribution in [1.82, 2.24) is 9.55 Å². The molecule has 108 valence electrons. The van der Waals surface area contributed by atoms with E-state index in [0.717, 1.165) is 12.1 Å². The molecule has 0 bridgehead atoms. The maximum absolute atomic E-state index is 13.9. The van der Waals surface area contributed by atoms with Gasteiger partial charge in [-0.15, -0.1) is 11.6 Å². The van der Waals surface area contributed by atoms with Crippen LogP contribution in [0.25, 0.3) is 16.7 Å². The highest BCUT2D eigenvalue weighted by Gasteiger charge is 2.19. The number of aromatic nitrogens is 2. The average Bonchev–Trinajstić information content (AvgIpc) is 2.78. The van der Waals surface area contributed by atoms with Crippen LogP contribution >= 0.6 is 11.6 Å². The third-order valence-electron chi connectivity index (χ3n) is 3.13. The van der Waals surface area contributed by atoms with Crippen molar-refractivity contribution in [3.63, 3.8) is 0 Å². The molecule has 0 aliphatic rings. The monoisotopic (exact) mass is 310 g/mol. The van der Waals surface area contributed by atoms with Crippen LogP contribution in [0.4, 0.5) is 13.2 Å². The van der Waals surface area contributed by atoms with E-state index in [9.17, 15) is 13.2 Å². The highest BCUT2D eigenvalue weighted by Crippen LogP contribution is 2.30. The highest BCUT2D eigenvalue weighted by atomic mass is 35.5. The molecule has 3 rings (SSSR count). The minimum absolute atomic E-state index is 0.00293. The fraction of sp³-hybridized carbons (Fsp3) is 0.133. The molecule has 3 aromatic rings.